The van der Waals surface area contributed by atoms with Crippen molar-refractivity contribution in [1.29, 1.82) is 0 Å². The Morgan fingerprint density at radius 1 is 1.09 bits per heavy atom. The molecule has 0 aliphatic carbocycles. The van der Waals surface area contributed by atoms with Gasteiger partial charge in [0.1, 0.15) is 23.1 Å². The number of pyridine rings is 1. The Labute approximate surface area is 133 Å². The third-order valence-electron chi connectivity index (χ3n) is 3.56. The molecule has 0 fully saturated rings. The van der Waals surface area contributed by atoms with E-state index in [0.29, 0.717) is 28.6 Å². The third kappa shape index (κ3) is 2.66. The highest BCUT2D eigenvalue weighted by atomic mass is 16.5. The molecule has 0 spiro atoms. The van der Waals surface area contributed by atoms with Crippen LogP contribution in [0.4, 0.5) is 5.82 Å². The van der Waals surface area contributed by atoms with Gasteiger partial charge in [0.15, 0.2) is 0 Å². The predicted molar refractivity (Wildman–Crippen MR) is 88.2 cm³/mol. The van der Waals surface area contributed by atoms with Gasteiger partial charge < -0.3 is 20.3 Å². The monoisotopic (exact) mass is 311 g/mol. The molecule has 2 heterocycles. The van der Waals surface area contributed by atoms with E-state index >= 15 is 0 Å². The van der Waals surface area contributed by atoms with E-state index in [1.165, 1.54) is 0 Å². The van der Waals surface area contributed by atoms with Crippen LogP contribution < -0.4 is 15.2 Å². The molecule has 0 amide bonds. The maximum Gasteiger partial charge on any atom is 0.145 e. The molecule has 0 bridgehead atoms. The highest BCUT2D eigenvalue weighted by Gasteiger charge is 2.17. The SMILES string of the molecule is COc1cc(OC)cc(-n2cc(O)c(-c3ccccn3)c2N)c1. The van der Waals surface area contributed by atoms with Gasteiger partial charge in [-0.3, -0.25) is 9.55 Å². The molecule has 0 saturated heterocycles. The molecular formula is C17H17N3O3. The van der Waals surface area contributed by atoms with Crippen LogP contribution in [-0.2, 0) is 0 Å². The number of nitrogen functional groups attached to an aromatic ring is 1. The number of anilines is 1. The van der Waals surface area contributed by atoms with E-state index in [-0.39, 0.29) is 5.75 Å². The van der Waals surface area contributed by atoms with Crippen molar-refractivity contribution in [3.8, 4) is 34.2 Å². The Morgan fingerprint density at radius 2 is 1.78 bits per heavy atom. The normalized spacial score (nSPS) is 10.5. The molecule has 6 heteroatoms. The Morgan fingerprint density at radius 3 is 2.35 bits per heavy atom. The standard InChI is InChI=1S/C17H17N3O3/c1-22-12-7-11(8-13(9-12)23-2)20-10-15(21)16(17(20)18)14-5-3-4-6-19-14/h3-10,21H,18H2,1-2H3. The largest absolute Gasteiger partial charge is 0.506 e. The molecule has 0 aliphatic rings. The number of aromatic hydroxyl groups is 1. The second-order valence-corrected chi connectivity index (χ2v) is 4.93. The fraction of sp³-hybridized carbons (Fsp3) is 0.118. The van der Waals surface area contributed by atoms with Crippen LogP contribution in [0.1, 0.15) is 0 Å². The zero-order chi connectivity index (χ0) is 16.4. The first-order valence-electron chi connectivity index (χ1n) is 6.98. The van der Waals surface area contributed by atoms with Gasteiger partial charge in [0.2, 0.25) is 0 Å². The van der Waals surface area contributed by atoms with Gasteiger partial charge in [-0.15, -0.1) is 0 Å². The van der Waals surface area contributed by atoms with E-state index in [9.17, 15) is 5.11 Å². The smallest absolute Gasteiger partial charge is 0.145 e. The molecule has 0 radical (unpaired) electrons. The summed E-state index contributed by atoms with van der Waals surface area (Å²) in [4.78, 5) is 4.24. The van der Waals surface area contributed by atoms with Crippen LogP contribution in [0.3, 0.4) is 0 Å². The number of ether oxygens (including phenoxy) is 2. The van der Waals surface area contributed by atoms with E-state index in [2.05, 4.69) is 4.98 Å². The molecule has 23 heavy (non-hydrogen) atoms. The summed E-state index contributed by atoms with van der Waals surface area (Å²) in [5.41, 5.74) is 8.05. The van der Waals surface area contributed by atoms with Gasteiger partial charge in [-0.1, -0.05) is 6.07 Å². The van der Waals surface area contributed by atoms with E-state index in [0.717, 1.165) is 5.69 Å². The first kappa shape index (κ1) is 14.8. The van der Waals surface area contributed by atoms with Crippen molar-refractivity contribution in [1.82, 2.24) is 9.55 Å². The van der Waals surface area contributed by atoms with Gasteiger partial charge in [-0.25, -0.2) is 0 Å². The molecule has 3 N–H and O–H groups in total. The molecule has 6 nitrogen and oxygen atoms in total. The first-order valence-corrected chi connectivity index (χ1v) is 6.98. The summed E-state index contributed by atoms with van der Waals surface area (Å²) in [6.07, 6.45) is 3.20. The summed E-state index contributed by atoms with van der Waals surface area (Å²) >= 11 is 0. The van der Waals surface area contributed by atoms with Gasteiger partial charge in [-0.05, 0) is 12.1 Å². The van der Waals surface area contributed by atoms with Crippen molar-refractivity contribution in [2.24, 2.45) is 0 Å². The summed E-state index contributed by atoms with van der Waals surface area (Å²) in [5, 5.41) is 10.3. The second-order valence-electron chi connectivity index (χ2n) is 4.93. The van der Waals surface area contributed by atoms with Crippen LogP contribution in [0, 0.1) is 0 Å². The Kier molecular flexibility index (Phi) is 3.80. The fourth-order valence-electron chi connectivity index (χ4n) is 2.43. The van der Waals surface area contributed by atoms with Crippen molar-refractivity contribution in [2.75, 3.05) is 20.0 Å². The molecule has 3 rings (SSSR count). The maximum absolute atomic E-state index is 10.3. The van der Waals surface area contributed by atoms with Gasteiger partial charge in [-0.2, -0.15) is 0 Å². The van der Waals surface area contributed by atoms with E-state index in [1.54, 1.807) is 61.5 Å². The number of hydrogen-bond donors (Lipinski definition) is 2. The minimum absolute atomic E-state index is 0.0583. The second kappa shape index (κ2) is 5.92. The molecule has 118 valence electrons. The van der Waals surface area contributed by atoms with Crippen molar-refractivity contribution < 1.29 is 14.6 Å². The van der Waals surface area contributed by atoms with Crippen LogP contribution in [0.15, 0.2) is 48.8 Å². The molecule has 0 saturated carbocycles. The Balaban J connectivity index is 2.16. The highest BCUT2D eigenvalue weighted by Crippen LogP contribution is 2.38. The van der Waals surface area contributed by atoms with E-state index in [1.807, 2.05) is 6.07 Å². The number of methoxy groups -OCH3 is 2. The first-order chi connectivity index (χ1) is 11.1. The van der Waals surface area contributed by atoms with Crippen LogP contribution in [0.5, 0.6) is 17.2 Å². The predicted octanol–water partition coefficient (Wildman–Crippen LogP) is 2.84. The lowest BCUT2D eigenvalue weighted by atomic mass is 10.2. The van der Waals surface area contributed by atoms with Crippen LogP contribution >= 0.6 is 0 Å². The summed E-state index contributed by atoms with van der Waals surface area (Å²) in [5.74, 6) is 1.71. The van der Waals surface area contributed by atoms with Crippen molar-refractivity contribution in [2.45, 2.75) is 0 Å². The van der Waals surface area contributed by atoms with Gasteiger partial charge >= 0.3 is 0 Å². The lowest BCUT2D eigenvalue weighted by Crippen LogP contribution is -2.01. The fourth-order valence-corrected chi connectivity index (χ4v) is 2.43. The number of nitrogens with two attached hydrogens (primary N) is 1. The van der Waals surface area contributed by atoms with Crippen molar-refractivity contribution >= 4 is 5.82 Å². The lowest BCUT2D eigenvalue weighted by Gasteiger charge is -2.11. The average molecular weight is 311 g/mol. The third-order valence-corrected chi connectivity index (χ3v) is 3.56. The molecular weight excluding hydrogens is 294 g/mol. The Bertz CT molecular complexity index is 806. The van der Waals surface area contributed by atoms with Gasteiger partial charge in [0, 0.05) is 24.4 Å². The number of nitrogens with zero attached hydrogens (tertiary/aromatic N) is 2. The van der Waals surface area contributed by atoms with E-state index < -0.39 is 0 Å². The molecule has 2 aromatic heterocycles. The maximum atomic E-state index is 10.3. The Hall–Kier alpha value is -3.15. The van der Waals surface area contributed by atoms with Crippen LogP contribution in [0.2, 0.25) is 0 Å². The molecule has 0 aliphatic heterocycles. The van der Waals surface area contributed by atoms with Crippen LogP contribution in [-0.4, -0.2) is 28.9 Å². The quantitative estimate of drug-likeness (QED) is 0.774. The summed E-state index contributed by atoms with van der Waals surface area (Å²) in [6.45, 7) is 0. The van der Waals surface area contributed by atoms with Gasteiger partial charge in [0.05, 0.1) is 37.4 Å². The zero-order valence-corrected chi connectivity index (χ0v) is 12.9. The van der Waals surface area contributed by atoms with Crippen molar-refractivity contribution in [3.05, 3.63) is 48.8 Å². The summed E-state index contributed by atoms with van der Waals surface area (Å²) in [7, 11) is 3.16. The lowest BCUT2D eigenvalue weighted by molar-refractivity contribution is 0.394. The number of benzene rings is 1. The van der Waals surface area contributed by atoms with E-state index in [4.69, 9.17) is 15.2 Å². The molecule has 0 atom stereocenters. The highest BCUT2D eigenvalue weighted by molar-refractivity contribution is 5.80. The van der Waals surface area contributed by atoms with Crippen LogP contribution in [0.25, 0.3) is 16.9 Å². The minimum atomic E-state index is 0.0583. The molecule has 3 aromatic rings. The summed E-state index contributed by atoms with van der Waals surface area (Å²) in [6, 6.07) is 10.8. The zero-order valence-electron chi connectivity index (χ0n) is 12.9. The van der Waals surface area contributed by atoms with Crippen molar-refractivity contribution in [3.63, 3.8) is 0 Å². The average Bonchev–Trinajstić information content (AvgIpc) is 2.89. The number of hydrogen-bond acceptors (Lipinski definition) is 5. The topological polar surface area (TPSA) is 82.5 Å². The molecule has 0 unspecified atom stereocenters. The van der Waals surface area contributed by atoms with Gasteiger partial charge in [0.25, 0.3) is 0 Å². The minimum Gasteiger partial charge on any atom is -0.506 e. The number of aromatic nitrogens is 2. The number of rotatable bonds is 4. The molecule has 1 aromatic carbocycles. The summed E-state index contributed by atoms with van der Waals surface area (Å²) < 4.78 is 12.2.